The minimum atomic E-state index is -0.148. The van der Waals surface area contributed by atoms with Gasteiger partial charge in [-0.1, -0.05) is 33.1 Å². The SMILES string of the molecule is COc1ccc2c(C(=O)C(C)C)nn(CC(=O)N3CC[C@H]4CCCC[C@H]4C3)c2c1. The molecule has 0 N–H and O–H groups in total. The molecule has 1 amide bonds. The molecule has 2 fully saturated rings. The number of benzene rings is 1. The molecular weight excluding hydrogens is 366 g/mol. The fourth-order valence-electron chi connectivity index (χ4n) is 4.91. The number of hydrogen-bond acceptors (Lipinski definition) is 4. The molecular formula is C23H31N3O3. The molecule has 1 aromatic heterocycles. The van der Waals surface area contributed by atoms with E-state index in [0.29, 0.717) is 17.4 Å². The number of aromatic nitrogens is 2. The highest BCUT2D eigenvalue weighted by atomic mass is 16.5. The molecule has 6 heteroatoms. The fraction of sp³-hybridized carbons (Fsp3) is 0.609. The first-order valence-corrected chi connectivity index (χ1v) is 10.8. The van der Waals surface area contributed by atoms with E-state index < -0.39 is 0 Å². The minimum Gasteiger partial charge on any atom is -0.497 e. The summed E-state index contributed by atoms with van der Waals surface area (Å²) in [7, 11) is 1.61. The molecule has 2 aromatic rings. The van der Waals surface area contributed by atoms with Gasteiger partial charge in [-0.3, -0.25) is 14.3 Å². The zero-order valence-corrected chi connectivity index (χ0v) is 17.7. The van der Waals surface area contributed by atoms with Crippen LogP contribution in [0.3, 0.4) is 0 Å². The van der Waals surface area contributed by atoms with Crippen LogP contribution in [-0.4, -0.2) is 46.6 Å². The standard InChI is InChI=1S/C23H31N3O3/c1-15(2)23(28)22-19-9-8-18(29-3)12-20(19)26(24-22)14-21(27)25-11-10-16-6-4-5-7-17(16)13-25/h8-9,12,15-17H,4-7,10-11,13-14H2,1-3H3/t16-,17+/m1/s1. The van der Waals surface area contributed by atoms with Gasteiger partial charge < -0.3 is 9.64 Å². The number of nitrogens with zero attached hydrogens (tertiary/aromatic N) is 3. The zero-order valence-electron chi connectivity index (χ0n) is 17.7. The fourth-order valence-corrected chi connectivity index (χ4v) is 4.91. The predicted molar refractivity (Wildman–Crippen MR) is 112 cm³/mol. The molecule has 0 bridgehead atoms. The number of likely N-dealkylation sites (tertiary alicyclic amines) is 1. The van der Waals surface area contributed by atoms with Gasteiger partial charge in [-0.2, -0.15) is 5.10 Å². The van der Waals surface area contributed by atoms with Crippen molar-refractivity contribution in [3.63, 3.8) is 0 Å². The summed E-state index contributed by atoms with van der Waals surface area (Å²) >= 11 is 0. The topological polar surface area (TPSA) is 64.4 Å². The van der Waals surface area contributed by atoms with Gasteiger partial charge in [-0.25, -0.2) is 0 Å². The summed E-state index contributed by atoms with van der Waals surface area (Å²) in [5.41, 5.74) is 1.21. The molecule has 1 aliphatic heterocycles. The first-order valence-electron chi connectivity index (χ1n) is 10.8. The molecule has 2 atom stereocenters. The second kappa shape index (κ2) is 8.17. The maximum absolute atomic E-state index is 13.1. The Kier molecular flexibility index (Phi) is 5.61. The Morgan fingerprint density at radius 2 is 1.93 bits per heavy atom. The number of methoxy groups -OCH3 is 1. The molecule has 1 saturated carbocycles. The van der Waals surface area contributed by atoms with Crippen molar-refractivity contribution >= 4 is 22.6 Å². The minimum absolute atomic E-state index is 0.00520. The van der Waals surface area contributed by atoms with Crippen LogP contribution < -0.4 is 4.74 Å². The molecule has 4 rings (SSSR count). The Labute approximate surface area is 172 Å². The molecule has 6 nitrogen and oxygen atoms in total. The second-order valence-corrected chi connectivity index (χ2v) is 8.84. The van der Waals surface area contributed by atoms with Gasteiger partial charge in [-0.05, 0) is 36.8 Å². The highest BCUT2D eigenvalue weighted by molar-refractivity contribution is 6.07. The summed E-state index contributed by atoms with van der Waals surface area (Å²) in [5, 5.41) is 5.35. The highest BCUT2D eigenvalue weighted by Gasteiger charge is 2.33. The summed E-state index contributed by atoms with van der Waals surface area (Å²) in [6.45, 7) is 5.60. The van der Waals surface area contributed by atoms with Crippen LogP contribution in [-0.2, 0) is 11.3 Å². The van der Waals surface area contributed by atoms with Crippen molar-refractivity contribution in [3.8, 4) is 5.75 Å². The number of carbonyl (C=O) groups is 2. The maximum Gasteiger partial charge on any atom is 0.244 e. The third-order valence-electron chi connectivity index (χ3n) is 6.65. The smallest absolute Gasteiger partial charge is 0.244 e. The Hall–Kier alpha value is -2.37. The lowest BCUT2D eigenvalue weighted by Gasteiger charge is -2.41. The molecule has 1 saturated heterocycles. The summed E-state index contributed by atoms with van der Waals surface area (Å²) in [5.74, 6) is 2.06. The Morgan fingerprint density at radius 3 is 2.66 bits per heavy atom. The monoisotopic (exact) mass is 397 g/mol. The second-order valence-electron chi connectivity index (χ2n) is 8.84. The van der Waals surface area contributed by atoms with E-state index in [-0.39, 0.29) is 24.2 Å². The van der Waals surface area contributed by atoms with Gasteiger partial charge in [0.1, 0.15) is 18.0 Å². The van der Waals surface area contributed by atoms with Gasteiger partial charge in [0.2, 0.25) is 5.91 Å². The first kappa shape index (κ1) is 19.9. The van der Waals surface area contributed by atoms with E-state index in [9.17, 15) is 9.59 Å². The van der Waals surface area contributed by atoms with Crippen molar-refractivity contribution in [3.05, 3.63) is 23.9 Å². The summed E-state index contributed by atoms with van der Waals surface area (Å²) in [6.07, 6.45) is 6.29. The highest BCUT2D eigenvalue weighted by Crippen LogP contribution is 2.36. The number of hydrogen-bond donors (Lipinski definition) is 0. The van der Waals surface area contributed by atoms with E-state index in [4.69, 9.17) is 4.74 Å². The summed E-state index contributed by atoms with van der Waals surface area (Å²) in [6, 6.07) is 5.56. The number of Topliss-reactive ketones (excluding diaryl/α,β-unsaturated/α-hetero) is 1. The number of rotatable bonds is 5. The van der Waals surface area contributed by atoms with Crippen molar-refractivity contribution in [2.75, 3.05) is 20.2 Å². The molecule has 1 aliphatic carbocycles. The lowest BCUT2D eigenvalue weighted by molar-refractivity contribution is -0.135. The average Bonchev–Trinajstić information content (AvgIpc) is 3.10. The number of carbonyl (C=O) groups excluding carboxylic acids is 2. The van der Waals surface area contributed by atoms with Crippen LogP contribution in [0.2, 0.25) is 0 Å². The Morgan fingerprint density at radius 1 is 1.17 bits per heavy atom. The van der Waals surface area contributed by atoms with Crippen molar-refractivity contribution in [2.45, 2.75) is 52.5 Å². The molecule has 156 valence electrons. The van der Waals surface area contributed by atoms with Crippen LogP contribution in [0.1, 0.15) is 56.4 Å². The van der Waals surface area contributed by atoms with Gasteiger partial charge in [0, 0.05) is 30.5 Å². The van der Waals surface area contributed by atoms with Gasteiger partial charge in [-0.15, -0.1) is 0 Å². The Balaban J connectivity index is 1.59. The van der Waals surface area contributed by atoms with Crippen LogP contribution in [0.15, 0.2) is 18.2 Å². The number of amides is 1. The lowest BCUT2D eigenvalue weighted by Crippen LogP contribution is -2.45. The third-order valence-corrected chi connectivity index (χ3v) is 6.65. The van der Waals surface area contributed by atoms with Gasteiger partial charge >= 0.3 is 0 Å². The van der Waals surface area contributed by atoms with E-state index in [1.165, 1.54) is 25.7 Å². The van der Waals surface area contributed by atoms with E-state index in [1.54, 1.807) is 11.8 Å². The Bertz CT molecular complexity index is 917. The molecule has 0 spiro atoms. The third kappa shape index (κ3) is 3.89. The molecule has 29 heavy (non-hydrogen) atoms. The van der Waals surface area contributed by atoms with Crippen LogP contribution >= 0.6 is 0 Å². The largest absolute Gasteiger partial charge is 0.497 e. The number of fused-ring (bicyclic) bond motifs is 2. The van der Waals surface area contributed by atoms with E-state index in [0.717, 1.165) is 36.3 Å². The van der Waals surface area contributed by atoms with Gasteiger partial charge in [0.05, 0.1) is 12.6 Å². The predicted octanol–water partition coefficient (Wildman–Crippen LogP) is 3.92. The van der Waals surface area contributed by atoms with Gasteiger partial charge in [0.15, 0.2) is 5.78 Å². The summed E-state index contributed by atoms with van der Waals surface area (Å²) in [4.78, 5) is 27.8. The normalized spacial score (nSPS) is 22.0. The van der Waals surface area contributed by atoms with Crippen LogP contribution in [0.4, 0.5) is 0 Å². The molecule has 1 aromatic carbocycles. The van der Waals surface area contributed by atoms with E-state index >= 15 is 0 Å². The van der Waals surface area contributed by atoms with Crippen LogP contribution in [0, 0.1) is 17.8 Å². The van der Waals surface area contributed by atoms with E-state index in [2.05, 4.69) is 5.10 Å². The van der Waals surface area contributed by atoms with E-state index in [1.807, 2.05) is 36.9 Å². The maximum atomic E-state index is 13.1. The zero-order chi connectivity index (χ0) is 20.5. The lowest BCUT2D eigenvalue weighted by atomic mass is 9.75. The number of ketones is 1. The molecule has 2 aliphatic rings. The number of ether oxygens (including phenoxy) is 1. The average molecular weight is 398 g/mol. The number of piperidine rings is 1. The molecule has 2 heterocycles. The van der Waals surface area contributed by atoms with Crippen LogP contribution in [0.5, 0.6) is 5.75 Å². The van der Waals surface area contributed by atoms with Crippen molar-refractivity contribution in [1.82, 2.24) is 14.7 Å². The van der Waals surface area contributed by atoms with Crippen molar-refractivity contribution < 1.29 is 14.3 Å². The first-order chi connectivity index (χ1) is 14.0. The summed E-state index contributed by atoms with van der Waals surface area (Å²) < 4.78 is 7.04. The van der Waals surface area contributed by atoms with Crippen molar-refractivity contribution in [1.29, 1.82) is 0 Å². The molecule has 0 radical (unpaired) electrons. The van der Waals surface area contributed by atoms with Crippen LogP contribution in [0.25, 0.3) is 10.9 Å². The quantitative estimate of drug-likeness (QED) is 0.717. The van der Waals surface area contributed by atoms with Gasteiger partial charge in [0.25, 0.3) is 0 Å². The van der Waals surface area contributed by atoms with Crippen molar-refractivity contribution in [2.24, 2.45) is 17.8 Å². The molecule has 0 unspecified atom stereocenters.